The number of rotatable bonds is 8. The van der Waals surface area contributed by atoms with Gasteiger partial charge in [0.25, 0.3) is 5.91 Å². The third-order valence-electron chi connectivity index (χ3n) is 9.50. The minimum atomic E-state index is -1.02. The molecule has 2 heterocycles. The predicted octanol–water partition coefficient (Wildman–Crippen LogP) is 7.46. The number of nitrogens with zero attached hydrogens (tertiary/aromatic N) is 2. The predicted molar refractivity (Wildman–Crippen MR) is 177 cm³/mol. The van der Waals surface area contributed by atoms with E-state index in [2.05, 4.69) is 34.4 Å². The number of aliphatic carboxylic acids is 1. The van der Waals surface area contributed by atoms with Crippen molar-refractivity contribution in [2.24, 2.45) is 7.05 Å². The molecule has 2 aliphatic carbocycles. The summed E-state index contributed by atoms with van der Waals surface area (Å²) in [6, 6.07) is 18.9. The zero-order valence-electron chi connectivity index (χ0n) is 25.7. The highest BCUT2D eigenvalue weighted by atomic mass is 16.4. The van der Waals surface area contributed by atoms with Crippen molar-refractivity contribution in [2.75, 3.05) is 5.32 Å². The van der Waals surface area contributed by atoms with Crippen LogP contribution in [0.2, 0.25) is 0 Å². The van der Waals surface area contributed by atoms with Crippen molar-refractivity contribution in [2.45, 2.75) is 75.7 Å². The fraction of sp³-hybridized carbons (Fsp3) is 0.351. The molecule has 2 aromatic heterocycles. The number of aromatic nitrogens is 2. The van der Waals surface area contributed by atoms with Gasteiger partial charge >= 0.3 is 5.97 Å². The molecule has 0 bridgehead atoms. The van der Waals surface area contributed by atoms with Crippen molar-refractivity contribution in [3.8, 4) is 11.4 Å². The van der Waals surface area contributed by atoms with Gasteiger partial charge in [0.2, 0.25) is 5.91 Å². The second kappa shape index (κ2) is 13.1. The summed E-state index contributed by atoms with van der Waals surface area (Å²) < 4.78 is 2.18. The fourth-order valence-electron chi connectivity index (χ4n) is 7.17. The third kappa shape index (κ3) is 6.41. The molecule has 0 radical (unpaired) electrons. The second-order valence-electron chi connectivity index (χ2n) is 12.4. The van der Waals surface area contributed by atoms with E-state index in [0.717, 1.165) is 60.5 Å². The molecule has 45 heavy (non-hydrogen) atoms. The van der Waals surface area contributed by atoms with Gasteiger partial charge in [-0.05, 0) is 85.2 Å². The number of hydrogen-bond donors (Lipinski definition) is 3. The Morgan fingerprint density at radius 2 is 1.67 bits per heavy atom. The summed E-state index contributed by atoms with van der Waals surface area (Å²) in [7, 11) is 2.05. The first kappa shape index (κ1) is 30.3. The summed E-state index contributed by atoms with van der Waals surface area (Å²) in [4.78, 5) is 43.2. The molecule has 2 amide bonds. The highest BCUT2D eigenvalue weighted by Gasteiger charge is 2.41. The molecule has 2 fully saturated rings. The van der Waals surface area contributed by atoms with Crippen LogP contribution in [0.25, 0.3) is 28.4 Å². The molecular weight excluding hydrogens is 564 g/mol. The molecule has 8 nitrogen and oxygen atoms in total. The van der Waals surface area contributed by atoms with Crippen LogP contribution in [0.4, 0.5) is 5.69 Å². The van der Waals surface area contributed by atoms with Crippen molar-refractivity contribution in [1.29, 1.82) is 0 Å². The standard InChI is InChI=1S/C37H40N4O4/c1-41-31-24-27(16-19-29(31)33(26-10-4-2-5-11-26)34(41)30-12-6-9-23-38-30)35(44)40-37(21-7-3-8-22-37)36(45)39-28-17-13-25(14-18-28)15-20-32(42)43/h6,9,12-20,23-24,26H,2-5,7-8,10-11,21-22H2,1H3,(H,39,45)(H,40,44)(H,42,43)/b20-15+. The Bertz CT molecular complexity index is 1730. The first-order valence-electron chi connectivity index (χ1n) is 16.0. The Labute approximate surface area is 263 Å². The van der Waals surface area contributed by atoms with E-state index >= 15 is 0 Å². The van der Waals surface area contributed by atoms with Crippen molar-refractivity contribution in [3.05, 3.63) is 89.6 Å². The Kier molecular flexibility index (Phi) is 8.83. The Hall–Kier alpha value is -4.72. The number of amides is 2. The van der Waals surface area contributed by atoms with Crippen LogP contribution in [0.15, 0.2) is 72.9 Å². The number of aryl methyl sites for hydroxylation is 1. The first-order valence-corrected chi connectivity index (χ1v) is 16.0. The molecule has 4 aromatic rings. The zero-order chi connectivity index (χ0) is 31.4. The lowest BCUT2D eigenvalue weighted by Crippen LogP contribution is -2.57. The van der Waals surface area contributed by atoms with E-state index in [1.54, 1.807) is 24.3 Å². The maximum atomic E-state index is 13.9. The average molecular weight is 605 g/mol. The fourth-order valence-corrected chi connectivity index (χ4v) is 7.17. The van der Waals surface area contributed by atoms with Gasteiger partial charge in [-0.1, -0.05) is 62.8 Å². The van der Waals surface area contributed by atoms with Crippen LogP contribution in [0.1, 0.15) is 91.6 Å². The Balaban J connectivity index is 1.29. The van der Waals surface area contributed by atoms with Gasteiger partial charge in [0, 0.05) is 41.5 Å². The van der Waals surface area contributed by atoms with Gasteiger partial charge in [-0.2, -0.15) is 0 Å². The van der Waals surface area contributed by atoms with Crippen LogP contribution < -0.4 is 10.6 Å². The van der Waals surface area contributed by atoms with Gasteiger partial charge in [0.15, 0.2) is 0 Å². The maximum absolute atomic E-state index is 13.9. The van der Waals surface area contributed by atoms with Gasteiger partial charge < -0.3 is 20.3 Å². The SMILES string of the molecule is Cn1c(-c2ccccn2)c(C2CCCCC2)c2ccc(C(=O)NC3(C(=O)Nc4ccc(/C=C/C(=O)O)cc4)CCCCC3)cc21. The van der Waals surface area contributed by atoms with Gasteiger partial charge in [0.05, 0.1) is 11.4 Å². The van der Waals surface area contributed by atoms with Crippen LogP contribution in [-0.2, 0) is 16.6 Å². The number of anilines is 1. The highest BCUT2D eigenvalue weighted by Crippen LogP contribution is 2.43. The van der Waals surface area contributed by atoms with E-state index in [9.17, 15) is 14.4 Å². The number of carbonyl (C=O) groups excluding carboxylic acids is 2. The molecular formula is C37H40N4O4. The topological polar surface area (TPSA) is 113 Å². The molecule has 0 spiro atoms. The van der Waals surface area contributed by atoms with Gasteiger partial charge in [-0.25, -0.2) is 4.79 Å². The lowest BCUT2D eigenvalue weighted by Gasteiger charge is -2.36. The summed E-state index contributed by atoms with van der Waals surface area (Å²) in [6.07, 6.45) is 14.3. The maximum Gasteiger partial charge on any atom is 0.328 e. The minimum Gasteiger partial charge on any atom is -0.478 e. The van der Waals surface area contributed by atoms with E-state index in [1.807, 2.05) is 30.5 Å². The second-order valence-corrected chi connectivity index (χ2v) is 12.4. The summed E-state index contributed by atoms with van der Waals surface area (Å²) in [5, 5.41) is 16.2. The smallest absolute Gasteiger partial charge is 0.328 e. The molecule has 0 unspecified atom stereocenters. The molecule has 2 saturated carbocycles. The van der Waals surface area contributed by atoms with E-state index in [0.29, 0.717) is 35.6 Å². The van der Waals surface area contributed by atoms with Crippen molar-refractivity contribution in [3.63, 3.8) is 0 Å². The molecule has 0 saturated heterocycles. The molecule has 0 aliphatic heterocycles. The molecule has 8 heteroatoms. The van der Waals surface area contributed by atoms with Crippen molar-refractivity contribution >= 4 is 40.4 Å². The number of carbonyl (C=O) groups is 3. The number of pyridine rings is 1. The molecule has 232 valence electrons. The average Bonchev–Trinajstić information content (AvgIpc) is 3.37. The largest absolute Gasteiger partial charge is 0.478 e. The van der Waals surface area contributed by atoms with Gasteiger partial charge in [0.1, 0.15) is 5.54 Å². The molecule has 0 atom stereocenters. The normalized spacial score (nSPS) is 16.9. The molecule has 2 aromatic carbocycles. The monoisotopic (exact) mass is 604 g/mol. The number of carboxylic acid groups (broad SMARTS) is 1. The third-order valence-corrected chi connectivity index (χ3v) is 9.50. The van der Waals surface area contributed by atoms with Crippen LogP contribution in [0, 0.1) is 0 Å². The Morgan fingerprint density at radius 1 is 0.933 bits per heavy atom. The zero-order valence-corrected chi connectivity index (χ0v) is 25.7. The number of hydrogen-bond acceptors (Lipinski definition) is 4. The number of carboxylic acids is 1. The molecule has 3 N–H and O–H groups in total. The van der Waals surface area contributed by atoms with E-state index in [1.165, 1.54) is 30.9 Å². The quantitative estimate of drug-likeness (QED) is 0.181. The summed E-state index contributed by atoms with van der Waals surface area (Å²) in [5.41, 5.74) is 5.17. The summed E-state index contributed by atoms with van der Waals surface area (Å²) >= 11 is 0. The lowest BCUT2D eigenvalue weighted by atomic mass is 9.80. The first-order chi connectivity index (χ1) is 21.8. The minimum absolute atomic E-state index is 0.235. The van der Waals surface area contributed by atoms with Crippen molar-refractivity contribution in [1.82, 2.24) is 14.9 Å². The van der Waals surface area contributed by atoms with Crippen LogP contribution in [0.3, 0.4) is 0 Å². The van der Waals surface area contributed by atoms with E-state index in [4.69, 9.17) is 10.1 Å². The van der Waals surface area contributed by atoms with Crippen molar-refractivity contribution < 1.29 is 19.5 Å². The van der Waals surface area contributed by atoms with Crippen LogP contribution in [0.5, 0.6) is 0 Å². The van der Waals surface area contributed by atoms with Gasteiger partial charge in [-0.15, -0.1) is 0 Å². The number of fused-ring (bicyclic) bond motifs is 1. The van der Waals surface area contributed by atoms with Gasteiger partial charge in [-0.3, -0.25) is 14.6 Å². The summed E-state index contributed by atoms with van der Waals surface area (Å²) in [5.74, 6) is -1.06. The van der Waals surface area contributed by atoms with Crippen LogP contribution >= 0.6 is 0 Å². The summed E-state index contributed by atoms with van der Waals surface area (Å²) in [6.45, 7) is 0. The highest BCUT2D eigenvalue weighted by molar-refractivity contribution is 6.05. The lowest BCUT2D eigenvalue weighted by molar-refractivity contribution is -0.131. The molecule has 6 rings (SSSR count). The number of nitrogens with one attached hydrogen (secondary N) is 2. The van der Waals surface area contributed by atoms with Crippen LogP contribution in [-0.4, -0.2) is 38.0 Å². The van der Waals surface area contributed by atoms with E-state index < -0.39 is 11.5 Å². The molecule has 2 aliphatic rings. The Morgan fingerprint density at radius 3 is 2.36 bits per heavy atom. The number of benzene rings is 2. The van der Waals surface area contributed by atoms with E-state index in [-0.39, 0.29) is 11.8 Å².